The molecule has 1 aliphatic carbocycles. The molecule has 0 aliphatic heterocycles. The highest BCUT2D eigenvalue weighted by Crippen LogP contribution is 2.24. The van der Waals surface area contributed by atoms with Gasteiger partial charge in [0.1, 0.15) is 0 Å². The minimum absolute atomic E-state index is 0.353. The van der Waals surface area contributed by atoms with Crippen molar-refractivity contribution in [3.63, 3.8) is 0 Å². The Morgan fingerprint density at radius 3 is 2.69 bits per heavy atom. The highest BCUT2D eigenvalue weighted by Gasteiger charge is 2.15. The van der Waals surface area contributed by atoms with Crippen molar-refractivity contribution in [2.75, 3.05) is 5.32 Å². The number of aryl methyl sites for hydroxylation is 1. The fourth-order valence-electron chi connectivity index (χ4n) is 2.20. The molecular weight excluding hydrogens is 202 g/mol. The molecule has 0 atom stereocenters. The third-order valence-electron chi connectivity index (χ3n) is 3.20. The zero-order valence-corrected chi connectivity index (χ0v) is 9.49. The number of carboxylic acid groups (broad SMARTS) is 1. The zero-order valence-electron chi connectivity index (χ0n) is 9.49. The Morgan fingerprint density at radius 1 is 1.38 bits per heavy atom. The van der Waals surface area contributed by atoms with E-state index in [1.165, 1.54) is 25.7 Å². The maximum absolute atomic E-state index is 10.9. The van der Waals surface area contributed by atoms with E-state index in [0.717, 1.165) is 11.3 Å². The summed E-state index contributed by atoms with van der Waals surface area (Å²) >= 11 is 0. The van der Waals surface area contributed by atoms with Gasteiger partial charge in [-0.1, -0.05) is 18.9 Å². The lowest BCUT2D eigenvalue weighted by Crippen LogP contribution is -2.15. The van der Waals surface area contributed by atoms with Crippen molar-refractivity contribution in [2.45, 2.75) is 38.6 Å². The molecular formula is C13H17NO2. The zero-order chi connectivity index (χ0) is 11.5. The van der Waals surface area contributed by atoms with Gasteiger partial charge < -0.3 is 10.4 Å². The summed E-state index contributed by atoms with van der Waals surface area (Å²) in [4.78, 5) is 10.9. The Bertz CT molecular complexity index is 395. The third-order valence-corrected chi connectivity index (χ3v) is 3.20. The fourth-order valence-corrected chi connectivity index (χ4v) is 2.20. The summed E-state index contributed by atoms with van der Waals surface area (Å²) in [6.45, 7) is 2.00. The average molecular weight is 219 g/mol. The van der Waals surface area contributed by atoms with Gasteiger partial charge in [-0.25, -0.2) is 4.79 Å². The van der Waals surface area contributed by atoms with Crippen LogP contribution in [0, 0.1) is 6.92 Å². The first-order valence-corrected chi connectivity index (χ1v) is 5.77. The number of benzene rings is 1. The maximum Gasteiger partial charge on any atom is 0.335 e. The summed E-state index contributed by atoms with van der Waals surface area (Å²) in [5, 5.41) is 12.4. The highest BCUT2D eigenvalue weighted by atomic mass is 16.4. The van der Waals surface area contributed by atoms with Gasteiger partial charge in [-0.15, -0.1) is 0 Å². The van der Waals surface area contributed by atoms with Crippen molar-refractivity contribution < 1.29 is 9.90 Å². The van der Waals surface area contributed by atoms with Gasteiger partial charge >= 0.3 is 5.97 Å². The molecule has 3 heteroatoms. The number of rotatable bonds is 3. The number of hydrogen-bond donors (Lipinski definition) is 2. The number of hydrogen-bond acceptors (Lipinski definition) is 2. The molecule has 0 unspecified atom stereocenters. The Labute approximate surface area is 95.5 Å². The van der Waals surface area contributed by atoms with Crippen LogP contribution in [0.25, 0.3) is 0 Å². The van der Waals surface area contributed by atoms with Gasteiger partial charge in [-0.3, -0.25) is 0 Å². The van der Waals surface area contributed by atoms with Gasteiger partial charge in [0.25, 0.3) is 0 Å². The fraction of sp³-hybridized carbons (Fsp3) is 0.462. The smallest absolute Gasteiger partial charge is 0.335 e. The Balaban J connectivity index is 2.17. The van der Waals surface area contributed by atoms with Crippen LogP contribution in [0.15, 0.2) is 18.2 Å². The quantitative estimate of drug-likeness (QED) is 0.821. The van der Waals surface area contributed by atoms with Crippen molar-refractivity contribution in [3.05, 3.63) is 29.3 Å². The molecule has 0 bridgehead atoms. The van der Waals surface area contributed by atoms with E-state index in [1.807, 2.05) is 13.0 Å². The molecule has 16 heavy (non-hydrogen) atoms. The first-order chi connectivity index (χ1) is 7.66. The minimum Gasteiger partial charge on any atom is -0.478 e. The van der Waals surface area contributed by atoms with Gasteiger partial charge in [-0.2, -0.15) is 0 Å². The second kappa shape index (κ2) is 4.56. The molecule has 0 saturated heterocycles. The number of anilines is 1. The molecule has 2 rings (SSSR count). The van der Waals surface area contributed by atoms with E-state index in [9.17, 15) is 4.79 Å². The van der Waals surface area contributed by atoms with Crippen LogP contribution in [-0.2, 0) is 0 Å². The predicted molar refractivity (Wildman–Crippen MR) is 64.0 cm³/mol. The van der Waals surface area contributed by atoms with Crippen molar-refractivity contribution in [2.24, 2.45) is 0 Å². The molecule has 1 aliphatic rings. The van der Waals surface area contributed by atoms with Crippen LogP contribution in [0.5, 0.6) is 0 Å². The second-order valence-corrected chi connectivity index (χ2v) is 4.46. The van der Waals surface area contributed by atoms with Gasteiger partial charge in [0.2, 0.25) is 0 Å². The van der Waals surface area contributed by atoms with Crippen molar-refractivity contribution in [3.8, 4) is 0 Å². The van der Waals surface area contributed by atoms with E-state index in [4.69, 9.17) is 5.11 Å². The molecule has 1 fully saturated rings. The molecule has 0 aromatic heterocycles. The number of aromatic carboxylic acids is 1. The number of nitrogens with one attached hydrogen (secondary N) is 1. The lowest BCUT2D eigenvalue weighted by Gasteiger charge is -2.16. The summed E-state index contributed by atoms with van der Waals surface area (Å²) < 4.78 is 0. The van der Waals surface area contributed by atoms with E-state index in [0.29, 0.717) is 11.6 Å². The molecule has 0 amide bonds. The first-order valence-electron chi connectivity index (χ1n) is 5.77. The van der Waals surface area contributed by atoms with Gasteiger partial charge in [0, 0.05) is 11.7 Å². The number of carboxylic acids is 1. The third kappa shape index (κ3) is 2.35. The van der Waals surface area contributed by atoms with Crippen molar-refractivity contribution in [1.29, 1.82) is 0 Å². The first kappa shape index (κ1) is 11.0. The summed E-state index contributed by atoms with van der Waals surface area (Å²) in [5.74, 6) is -0.866. The standard InChI is InChI=1S/C13H17NO2/c1-9-6-7-10(13(15)16)8-12(9)14-11-4-2-3-5-11/h6-8,11,14H,2-5H2,1H3,(H,15,16). The number of carbonyl (C=O) groups is 1. The van der Waals surface area contributed by atoms with Crippen molar-refractivity contribution >= 4 is 11.7 Å². The van der Waals surface area contributed by atoms with Crippen LogP contribution >= 0.6 is 0 Å². The van der Waals surface area contributed by atoms with Crippen LogP contribution in [0.3, 0.4) is 0 Å². The maximum atomic E-state index is 10.9. The normalized spacial score (nSPS) is 16.3. The van der Waals surface area contributed by atoms with E-state index < -0.39 is 5.97 Å². The van der Waals surface area contributed by atoms with Crippen molar-refractivity contribution in [1.82, 2.24) is 0 Å². The minimum atomic E-state index is -0.866. The van der Waals surface area contributed by atoms with Crippen LogP contribution < -0.4 is 5.32 Å². The molecule has 0 spiro atoms. The summed E-state index contributed by atoms with van der Waals surface area (Å²) in [5.41, 5.74) is 2.43. The molecule has 1 saturated carbocycles. The van der Waals surface area contributed by atoms with Gasteiger partial charge in [0.05, 0.1) is 5.56 Å². The Kier molecular flexibility index (Phi) is 3.13. The second-order valence-electron chi connectivity index (χ2n) is 4.46. The molecule has 0 heterocycles. The van der Waals surface area contributed by atoms with Gasteiger partial charge in [-0.05, 0) is 37.5 Å². The summed E-state index contributed by atoms with van der Waals surface area (Å²) in [6.07, 6.45) is 4.93. The van der Waals surface area contributed by atoms with E-state index in [2.05, 4.69) is 5.32 Å². The van der Waals surface area contributed by atoms with E-state index in [1.54, 1.807) is 12.1 Å². The van der Waals surface area contributed by atoms with Crippen LogP contribution in [0.2, 0.25) is 0 Å². The molecule has 3 nitrogen and oxygen atoms in total. The molecule has 1 aromatic carbocycles. The van der Waals surface area contributed by atoms with Crippen LogP contribution in [0.4, 0.5) is 5.69 Å². The summed E-state index contributed by atoms with van der Waals surface area (Å²) in [6, 6.07) is 5.76. The highest BCUT2D eigenvalue weighted by molar-refractivity contribution is 5.89. The van der Waals surface area contributed by atoms with E-state index in [-0.39, 0.29) is 0 Å². The SMILES string of the molecule is Cc1ccc(C(=O)O)cc1NC1CCCC1. The van der Waals surface area contributed by atoms with Crippen LogP contribution in [-0.4, -0.2) is 17.1 Å². The molecule has 86 valence electrons. The Morgan fingerprint density at radius 2 is 2.06 bits per heavy atom. The summed E-state index contributed by atoms with van der Waals surface area (Å²) in [7, 11) is 0. The van der Waals surface area contributed by atoms with Gasteiger partial charge in [0.15, 0.2) is 0 Å². The molecule has 0 radical (unpaired) electrons. The Hall–Kier alpha value is -1.51. The topological polar surface area (TPSA) is 49.3 Å². The van der Waals surface area contributed by atoms with E-state index >= 15 is 0 Å². The molecule has 1 aromatic rings. The molecule has 2 N–H and O–H groups in total. The predicted octanol–water partition coefficient (Wildman–Crippen LogP) is 3.05. The lowest BCUT2D eigenvalue weighted by atomic mass is 10.1. The monoisotopic (exact) mass is 219 g/mol. The lowest BCUT2D eigenvalue weighted by molar-refractivity contribution is 0.0697. The van der Waals surface area contributed by atoms with Crippen LogP contribution in [0.1, 0.15) is 41.6 Å². The largest absolute Gasteiger partial charge is 0.478 e. The average Bonchev–Trinajstić information content (AvgIpc) is 2.73.